The summed E-state index contributed by atoms with van der Waals surface area (Å²) in [6.07, 6.45) is 1.53. The van der Waals surface area contributed by atoms with Gasteiger partial charge in [0.2, 0.25) is 5.91 Å². The van der Waals surface area contributed by atoms with Gasteiger partial charge in [0, 0.05) is 13.0 Å². The Bertz CT molecular complexity index is 123. The molecule has 0 bridgehead atoms. The highest BCUT2D eigenvalue weighted by Gasteiger charge is 2.07. The number of hydrogen-bond donors (Lipinski definition) is 3. The van der Waals surface area contributed by atoms with E-state index in [9.17, 15) is 4.79 Å². The van der Waals surface area contributed by atoms with Crippen molar-refractivity contribution in [1.29, 1.82) is 0 Å². The molecule has 0 spiro atoms. The second kappa shape index (κ2) is 7.06. The Kier molecular flexibility index (Phi) is 6.70. The molecule has 4 heteroatoms. The van der Waals surface area contributed by atoms with Gasteiger partial charge in [-0.05, 0) is 12.8 Å². The highest BCUT2D eigenvalue weighted by Crippen LogP contribution is 1.92. The number of aliphatic hydroxyl groups excluding tert-OH is 2. The number of nitrogens with one attached hydrogen (secondary N) is 1. The van der Waals surface area contributed by atoms with Gasteiger partial charge < -0.3 is 15.5 Å². The summed E-state index contributed by atoms with van der Waals surface area (Å²) in [5.41, 5.74) is 0. The fraction of sp³-hybridized carbons (Fsp3) is 0.875. The van der Waals surface area contributed by atoms with Crippen LogP contribution in [-0.2, 0) is 4.79 Å². The third-order valence-corrected chi connectivity index (χ3v) is 1.64. The monoisotopic (exact) mass is 175 g/mol. The minimum atomic E-state index is -0.142. The Hall–Kier alpha value is -0.610. The lowest BCUT2D eigenvalue weighted by Gasteiger charge is -2.13. The van der Waals surface area contributed by atoms with E-state index in [0.717, 1.165) is 6.42 Å². The van der Waals surface area contributed by atoms with Gasteiger partial charge in [-0.25, -0.2) is 0 Å². The predicted octanol–water partition coefficient (Wildman–Crippen LogP) is -0.354. The lowest BCUT2D eigenvalue weighted by atomic mass is 10.2. The minimum Gasteiger partial charge on any atom is -0.396 e. The van der Waals surface area contributed by atoms with Crippen LogP contribution in [0.5, 0.6) is 0 Å². The fourth-order valence-corrected chi connectivity index (χ4v) is 0.816. The zero-order chi connectivity index (χ0) is 9.40. The van der Waals surface area contributed by atoms with Gasteiger partial charge in [-0.3, -0.25) is 4.79 Å². The Morgan fingerprint density at radius 2 is 2.17 bits per heavy atom. The van der Waals surface area contributed by atoms with Crippen LogP contribution in [0.2, 0.25) is 0 Å². The number of rotatable bonds is 6. The molecule has 72 valence electrons. The Morgan fingerprint density at radius 3 is 2.58 bits per heavy atom. The molecule has 0 unspecified atom stereocenters. The topological polar surface area (TPSA) is 69.6 Å². The Morgan fingerprint density at radius 1 is 1.50 bits per heavy atom. The predicted molar refractivity (Wildman–Crippen MR) is 45.6 cm³/mol. The van der Waals surface area contributed by atoms with E-state index < -0.39 is 0 Å². The SMILES string of the molecule is CC[C@H](CO)NC(=O)CCCO. The highest BCUT2D eigenvalue weighted by atomic mass is 16.3. The molecule has 0 aromatic carbocycles. The van der Waals surface area contributed by atoms with Crippen LogP contribution in [0.25, 0.3) is 0 Å². The van der Waals surface area contributed by atoms with Crippen molar-refractivity contribution in [2.75, 3.05) is 13.2 Å². The molecule has 3 N–H and O–H groups in total. The van der Waals surface area contributed by atoms with E-state index in [4.69, 9.17) is 10.2 Å². The highest BCUT2D eigenvalue weighted by molar-refractivity contribution is 5.76. The summed E-state index contributed by atoms with van der Waals surface area (Å²) in [6.45, 7) is 1.90. The zero-order valence-corrected chi connectivity index (χ0v) is 7.42. The van der Waals surface area contributed by atoms with Gasteiger partial charge in [-0.1, -0.05) is 6.92 Å². The molecule has 0 saturated heterocycles. The van der Waals surface area contributed by atoms with Crippen LogP contribution >= 0.6 is 0 Å². The van der Waals surface area contributed by atoms with Crippen molar-refractivity contribution in [3.63, 3.8) is 0 Å². The molecule has 0 aliphatic heterocycles. The number of hydrogen-bond acceptors (Lipinski definition) is 3. The van der Waals surface area contributed by atoms with E-state index in [1.165, 1.54) is 0 Å². The van der Waals surface area contributed by atoms with Crippen LogP contribution in [0.3, 0.4) is 0 Å². The summed E-state index contributed by atoms with van der Waals surface area (Å²) >= 11 is 0. The van der Waals surface area contributed by atoms with Crippen LogP contribution < -0.4 is 5.32 Å². The molecule has 0 rings (SSSR count). The second-order valence-electron chi connectivity index (χ2n) is 2.68. The maximum absolute atomic E-state index is 11.0. The third-order valence-electron chi connectivity index (χ3n) is 1.64. The van der Waals surface area contributed by atoms with E-state index in [1.807, 2.05) is 6.92 Å². The molecule has 4 nitrogen and oxygen atoms in total. The van der Waals surface area contributed by atoms with Crippen molar-refractivity contribution in [2.24, 2.45) is 0 Å². The van der Waals surface area contributed by atoms with E-state index in [1.54, 1.807) is 0 Å². The quantitative estimate of drug-likeness (QED) is 0.516. The summed E-state index contributed by atoms with van der Waals surface area (Å²) in [4.78, 5) is 11.0. The molecular weight excluding hydrogens is 158 g/mol. The maximum Gasteiger partial charge on any atom is 0.220 e. The molecule has 0 aromatic heterocycles. The standard InChI is InChI=1S/C8H17NO3/c1-2-7(6-11)9-8(12)4-3-5-10/h7,10-11H,2-6H2,1H3,(H,9,12)/t7-/m1/s1. The molecule has 0 aliphatic carbocycles. The molecule has 1 amide bonds. The molecular formula is C8H17NO3. The maximum atomic E-state index is 11.0. The molecule has 0 saturated carbocycles. The number of carbonyl (C=O) groups is 1. The first-order valence-electron chi connectivity index (χ1n) is 4.25. The first-order chi connectivity index (χ1) is 5.74. The molecule has 0 aliphatic rings. The largest absolute Gasteiger partial charge is 0.396 e. The van der Waals surface area contributed by atoms with Gasteiger partial charge in [0.25, 0.3) is 0 Å². The average Bonchev–Trinajstić information content (AvgIpc) is 2.10. The summed E-state index contributed by atoms with van der Waals surface area (Å²) in [7, 11) is 0. The normalized spacial score (nSPS) is 12.6. The summed E-state index contributed by atoms with van der Waals surface area (Å²) < 4.78 is 0. The van der Waals surface area contributed by atoms with Gasteiger partial charge in [-0.15, -0.1) is 0 Å². The van der Waals surface area contributed by atoms with Gasteiger partial charge >= 0.3 is 0 Å². The fourth-order valence-electron chi connectivity index (χ4n) is 0.816. The van der Waals surface area contributed by atoms with Gasteiger partial charge in [0.05, 0.1) is 12.6 Å². The molecule has 0 radical (unpaired) electrons. The second-order valence-corrected chi connectivity index (χ2v) is 2.68. The first kappa shape index (κ1) is 11.4. The molecule has 1 atom stereocenters. The van der Waals surface area contributed by atoms with Crippen LogP contribution in [0.15, 0.2) is 0 Å². The van der Waals surface area contributed by atoms with Gasteiger partial charge in [0.15, 0.2) is 0 Å². The molecule has 12 heavy (non-hydrogen) atoms. The van der Waals surface area contributed by atoms with Crippen LogP contribution in [0.4, 0.5) is 0 Å². The lowest BCUT2D eigenvalue weighted by Crippen LogP contribution is -2.36. The summed E-state index contributed by atoms with van der Waals surface area (Å²) in [6, 6.07) is -0.142. The van der Waals surface area contributed by atoms with E-state index in [-0.39, 0.29) is 25.2 Å². The van der Waals surface area contributed by atoms with E-state index in [2.05, 4.69) is 5.32 Å². The van der Waals surface area contributed by atoms with Crippen molar-refractivity contribution >= 4 is 5.91 Å². The van der Waals surface area contributed by atoms with E-state index in [0.29, 0.717) is 12.8 Å². The first-order valence-corrected chi connectivity index (χ1v) is 4.25. The third kappa shape index (κ3) is 5.09. The smallest absolute Gasteiger partial charge is 0.220 e. The van der Waals surface area contributed by atoms with Gasteiger partial charge in [0.1, 0.15) is 0 Å². The van der Waals surface area contributed by atoms with Crippen LogP contribution in [-0.4, -0.2) is 35.4 Å². The lowest BCUT2D eigenvalue weighted by molar-refractivity contribution is -0.122. The van der Waals surface area contributed by atoms with Crippen molar-refractivity contribution in [3.05, 3.63) is 0 Å². The van der Waals surface area contributed by atoms with Crippen molar-refractivity contribution < 1.29 is 15.0 Å². The number of carbonyl (C=O) groups excluding carboxylic acids is 1. The molecule has 0 fully saturated rings. The zero-order valence-electron chi connectivity index (χ0n) is 7.42. The van der Waals surface area contributed by atoms with Crippen LogP contribution in [0, 0.1) is 0 Å². The average molecular weight is 175 g/mol. The Labute approximate surface area is 72.6 Å². The molecule has 0 heterocycles. The van der Waals surface area contributed by atoms with Crippen molar-refractivity contribution in [1.82, 2.24) is 5.32 Å². The number of aliphatic hydroxyl groups is 2. The molecule has 0 aromatic rings. The van der Waals surface area contributed by atoms with E-state index >= 15 is 0 Å². The number of amides is 1. The Balaban J connectivity index is 3.52. The summed E-state index contributed by atoms with van der Waals surface area (Å²) in [5, 5.41) is 19.8. The minimum absolute atomic E-state index is 0.0264. The van der Waals surface area contributed by atoms with Gasteiger partial charge in [-0.2, -0.15) is 0 Å². The summed E-state index contributed by atoms with van der Waals surface area (Å²) in [5.74, 6) is -0.107. The van der Waals surface area contributed by atoms with Crippen molar-refractivity contribution in [2.45, 2.75) is 32.2 Å². The van der Waals surface area contributed by atoms with Crippen molar-refractivity contribution in [3.8, 4) is 0 Å². The van der Waals surface area contributed by atoms with Crippen LogP contribution in [0.1, 0.15) is 26.2 Å².